The van der Waals surface area contributed by atoms with Gasteiger partial charge in [-0.3, -0.25) is 0 Å². The molecule has 0 radical (unpaired) electrons. The van der Waals surface area contributed by atoms with Crippen LogP contribution in [0.25, 0.3) is 11.3 Å². The van der Waals surface area contributed by atoms with Crippen LogP contribution >= 0.6 is 0 Å². The first kappa shape index (κ1) is 13.5. The van der Waals surface area contributed by atoms with E-state index in [1.807, 2.05) is 13.8 Å². The average Bonchev–Trinajstić information content (AvgIpc) is 2.41. The fraction of sp³-hybridized carbons (Fsp3) is 0.375. The Balaban J connectivity index is 2.49. The van der Waals surface area contributed by atoms with Crippen LogP contribution in [0.5, 0.6) is 5.75 Å². The Hall–Kier alpha value is -1.90. The van der Waals surface area contributed by atoms with Gasteiger partial charge in [-0.2, -0.15) is 5.10 Å². The molecule has 2 rings (SSSR count). The van der Waals surface area contributed by atoms with Gasteiger partial charge in [0, 0.05) is 11.1 Å². The third kappa shape index (κ3) is 2.92. The molecule has 100 valence electrons. The van der Waals surface area contributed by atoms with Gasteiger partial charge in [0.15, 0.2) is 5.75 Å². The molecule has 0 aliphatic rings. The van der Waals surface area contributed by atoms with Crippen LogP contribution < -0.4 is 4.74 Å². The quantitative estimate of drug-likeness (QED) is 0.833. The van der Waals surface area contributed by atoms with Gasteiger partial charge in [0.1, 0.15) is 5.69 Å². The minimum absolute atomic E-state index is 0.699. The van der Waals surface area contributed by atoms with E-state index < -0.39 is 0 Å². The molecule has 1 aromatic heterocycles. The second kappa shape index (κ2) is 5.83. The molecule has 0 aliphatic carbocycles. The van der Waals surface area contributed by atoms with Crippen molar-refractivity contribution in [2.75, 3.05) is 6.61 Å². The van der Waals surface area contributed by atoms with Gasteiger partial charge in [-0.15, -0.1) is 5.10 Å². The highest BCUT2D eigenvalue weighted by molar-refractivity contribution is 5.68. The Bertz CT molecular complexity index is 562. The summed E-state index contributed by atoms with van der Waals surface area (Å²) in [7, 11) is 0. The van der Waals surface area contributed by atoms with Crippen molar-refractivity contribution in [1.29, 1.82) is 0 Å². The zero-order chi connectivity index (χ0) is 13.8. The van der Waals surface area contributed by atoms with E-state index in [4.69, 9.17) is 4.74 Å². The summed E-state index contributed by atoms with van der Waals surface area (Å²) in [5.41, 5.74) is 5.10. The molecule has 0 aliphatic heterocycles. The predicted octanol–water partition coefficient (Wildman–Crippen LogP) is 3.86. The molecule has 0 saturated carbocycles. The molecule has 0 saturated heterocycles. The van der Waals surface area contributed by atoms with E-state index in [0.29, 0.717) is 6.61 Å². The first-order valence-corrected chi connectivity index (χ1v) is 6.67. The molecule has 3 nitrogen and oxygen atoms in total. The average molecular weight is 256 g/mol. The van der Waals surface area contributed by atoms with E-state index in [9.17, 15) is 0 Å². The summed E-state index contributed by atoms with van der Waals surface area (Å²) in [5.74, 6) is 0.859. The van der Waals surface area contributed by atoms with Crippen LogP contribution in [0.3, 0.4) is 0 Å². The minimum atomic E-state index is 0.699. The van der Waals surface area contributed by atoms with Crippen molar-refractivity contribution < 1.29 is 4.74 Å². The van der Waals surface area contributed by atoms with E-state index in [-0.39, 0.29) is 0 Å². The molecule has 0 unspecified atom stereocenters. The van der Waals surface area contributed by atoms with E-state index in [1.54, 1.807) is 0 Å². The molecule has 0 bridgehead atoms. The first-order valence-electron chi connectivity index (χ1n) is 6.67. The van der Waals surface area contributed by atoms with Gasteiger partial charge >= 0.3 is 0 Å². The lowest BCUT2D eigenvalue weighted by Crippen LogP contribution is -2.04. The van der Waals surface area contributed by atoms with Crippen LogP contribution in [0.15, 0.2) is 24.3 Å². The number of aryl methyl sites for hydroxylation is 2. The van der Waals surface area contributed by atoms with Gasteiger partial charge in [0.05, 0.1) is 12.3 Å². The Kier molecular flexibility index (Phi) is 4.15. The second-order valence-electron chi connectivity index (χ2n) is 4.80. The molecule has 1 aromatic carbocycles. The van der Waals surface area contributed by atoms with Crippen molar-refractivity contribution in [3.63, 3.8) is 0 Å². The fourth-order valence-corrected chi connectivity index (χ4v) is 1.87. The summed E-state index contributed by atoms with van der Waals surface area (Å²) in [6.07, 6.45) is 0.980. The highest BCUT2D eigenvalue weighted by Gasteiger charge is 2.14. The van der Waals surface area contributed by atoms with Crippen molar-refractivity contribution in [1.82, 2.24) is 10.2 Å². The number of hydrogen-bond acceptors (Lipinski definition) is 3. The Morgan fingerprint density at radius 3 is 2.32 bits per heavy atom. The Morgan fingerprint density at radius 1 is 1.00 bits per heavy atom. The summed E-state index contributed by atoms with van der Waals surface area (Å²) in [5, 5.41) is 8.53. The van der Waals surface area contributed by atoms with Crippen molar-refractivity contribution in [2.24, 2.45) is 0 Å². The van der Waals surface area contributed by atoms with Crippen molar-refractivity contribution >= 4 is 0 Å². The van der Waals surface area contributed by atoms with Gasteiger partial charge in [-0.05, 0) is 27.2 Å². The maximum atomic E-state index is 5.88. The lowest BCUT2D eigenvalue weighted by atomic mass is 10.1. The smallest absolute Gasteiger partial charge is 0.152 e. The molecule has 0 atom stereocenters. The summed E-state index contributed by atoms with van der Waals surface area (Å²) in [4.78, 5) is 0. The number of hydrogen-bond donors (Lipinski definition) is 0. The molecule has 1 heterocycles. The maximum absolute atomic E-state index is 5.88. The zero-order valence-electron chi connectivity index (χ0n) is 12.0. The maximum Gasteiger partial charge on any atom is 0.152 e. The summed E-state index contributed by atoms with van der Waals surface area (Å²) < 4.78 is 5.88. The van der Waals surface area contributed by atoms with Gasteiger partial charge in [0.2, 0.25) is 0 Å². The van der Waals surface area contributed by atoms with E-state index in [2.05, 4.69) is 48.3 Å². The molecule has 3 heteroatoms. The SMILES string of the molecule is CCCOc1c(-c2ccc(C)cc2)nnc(C)c1C. The zero-order valence-corrected chi connectivity index (χ0v) is 12.0. The van der Waals surface area contributed by atoms with Gasteiger partial charge in [-0.1, -0.05) is 36.8 Å². The number of benzene rings is 1. The Morgan fingerprint density at radius 2 is 1.68 bits per heavy atom. The van der Waals surface area contributed by atoms with Crippen molar-refractivity contribution in [2.45, 2.75) is 34.1 Å². The fourth-order valence-electron chi connectivity index (χ4n) is 1.87. The molecule has 0 fully saturated rings. The molecule has 2 aromatic rings. The third-order valence-electron chi connectivity index (χ3n) is 3.17. The Labute approximate surface area is 114 Å². The second-order valence-corrected chi connectivity index (χ2v) is 4.80. The number of nitrogens with zero attached hydrogens (tertiary/aromatic N) is 2. The van der Waals surface area contributed by atoms with Crippen LogP contribution in [-0.2, 0) is 0 Å². The number of ether oxygens (including phenoxy) is 1. The number of rotatable bonds is 4. The summed E-state index contributed by atoms with van der Waals surface area (Å²) in [6.45, 7) is 8.87. The molecule has 0 spiro atoms. The van der Waals surface area contributed by atoms with Crippen molar-refractivity contribution in [3.05, 3.63) is 41.1 Å². The number of aromatic nitrogens is 2. The largest absolute Gasteiger partial charge is 0.491 e. The highest BCUT2D eigenvalue weighted by atomic mass is 16.5. The highest BCUT2D eigenvalue weighted by Crippen LogP contribution is 2.31. The lowest BCUT2D eigenvalue weighted by molar-refractivity contribution is 0.314. The minimum Gasteiger partial charge on any atom is -0.491 e. The topological polar surface area (TPSA) is 35.0 Å². The normalized spacial score (nSPS) is 10.5. The standard InChI is InChI=1S/C16H20N2O/c1-5-10-19-16-12(3)13(4)17-18-15(16)14-8-6-11(2)7-9-14/h6-9H,5,10H2,1-4H3. The van der Waals surface area contributed by atoms with Crippen LogP contribution in [-0.4, -0.2) is 16.8 Å². The summed E-state index contributed by atoms with van der Waals surface area (Å²) in [6, 6.07) is 8.28. The van der Waals surface area contributed by atoms with Crippen LogP contribution in [0.1, 0.15) is 30.2 Å². The van der Waals surface area contributed by atoms with E-state index >= 15 is 0 Å². The summed E-state index contributed by atoms with van der Waals surface area (Å²) >= 11 is 0. The monoisotopic (exact) mass is 256 g/mol. The van der Waals surface area contributed by atoms with Crippen LogP contribution in [0, 0.1) is 20.8 Å². The van der Waals surface area contributed by atoms with Crippen LogP contribution in [0.2, 0.25) is 0 Å². The first-order chi connectivity index (χ1) is 9.13. The molecular formula is C16H20N2O. The van der Waals surface area contributed by atoms with Crippen LogP contribution in [0.4, 0.5) is 0 Å². The lowest BCUT2D eigenvalue weighted by Gasteiger charge is -2.13. The molecule has 0 N–H and O–H groups in total. The van der Waals surface area contributed by atoms with Gasteiger partial charge < -0.3 is 4.74 Å². The molecular weight excluding hydrogens is 236 g/mol. The predicted molar refractivity (Wildman–Crippen MR) is 77.5 cm³/mol. The molecule has 0 amide bonds. The van der Waals surface area contributed by atoms with Gasteiger partial charge in [0.25, 0.3) is 0 Å². The van der Waals surface area contributed by atoms with E-state index in [1.165, 1.54) is 5.56 Å². The van der Waals surface area contributed by atoms with E-state index in [0.717, 1.165) is 34.7 Å². The third-order valence-corrected chi connectivity index (χ3v) is 3.17. The molecule has 19 heavy (non-hydrogen) atoms. The van der Waals surface area contributed by atoms with Crippen molar-refractivity contribution in [3.8, 4) is 17.0 Å². The van der Waals surface area contributed by atoms with Gasteiger partial charge in [-0.25, -0.2) is 0 Å².